The Labute approximate surface area is 178 Å². The number of carbonyl (C=O) groups excluding carboxylic acids is 3. The smallest absolute Gasteiger partial charge is 0.220 e. The molecule has 2 aliphatic rings. The molecule has 1 fully saturated rings. The lowest BCUT2D eigenvalue weighted by Gasteiger charge is -2.20. The van der Waals surface area contributed by atoms with Crippen LogP contribution in [0.15, 0.2) is 22.2 Å². The maximum absolute atomic E-state index is 13.0. The first-order valence-corrected chi connectivity index (χ1v) is 11.5. The van der Waals surface area contributed by atoms with Crippen molar-refractivity contribution in [2.45, 2.75) is 44.1 Å². The second kappa shape index (κ2) is 8.28. The van der Waals surface area contributed by atoms with E-state index < -0.39 is 45.1 Å². The van der Waals surface area contributed by atoms with Gasteiger partial charge in [-0.15, -0.1) is 0 Å². The lowest BCUT2D eigenvalue weighted by atomic mass is 9.81. The van der Waals surface area contributed by atoms with Gasteiger partial charge in [0.25, 0.3) is 0 Å². The van der Waals surface area contributed by atoms with E-state index in [2.05, 4.69) is 5.16 Å². The number of ketones is 3. The number of sulfone groups is 1. The van der Waals surface area contributed by atoms with Gasteiger partial charge in [-0.1, -0.05) is 30.6 Å². The van der Waals surface area contributed by atoms with Gasteiger partial charge in [-0.25, -0.2) is 8.42 Å². The van der Waals surface area contributed by atoms with Gasteiger partial charge in [0.2, 0.25) is 6.10 Å². The highest BCUT2D eigenvalue weighted by Crippen LogP contribution is 2.36. The van der Waals surface area contributed by atoms with Crippen LogP contribution >= 0.6 is 11.6 Å². The summed E-state index contributed by atoms with van der Waals surface area (Å²) >= 11 is 6.50. The number of nitrogens with zero attached hydrogens (tertiary/aromatic N) is 2. The number of hydrogen-bond donors (Lipinski definition) is 0. The van der Waals surface area contributed by atoms with Gasteiger partial charge in [0.1, 0.15) is 12.0 Å². The molecule has 0 saturated heterocycles. The number of oxime groups is 1. The Morgan fingerprint density at radius 1 is 1.30 bits per heavy atom. The number of nitriles is 1. The minimum absolute atomic E-state index is 0.0367. The Bertz CT molecular complexity index is 1100. The van der Waals surface area contributed by atoms with Crippen LogP contribution in [0.25, 0.3) is 0 Å². The van der Waals surface area contributed by atoms with E-state index in [0.29, 0.717) is 6.42 Å². The van der Waals surface area contributed by atoms with Crippen molar-refractivity contribution < 1.29 is 27.6 Å². The molecule has 1 saturated carbocycles. The van der Waals surface area contributed by atoms with Gasteiger partial charge < -0.3 is 4.84 Å². The predicted molar refractivity (Wildman–Crippen MR) is 107 cm³/mol. The third kappa shape index (κ3) is 3.66. The molecule has 0 bridgehead atoms. The maximum atomic E-state index is 13.0. The topological polar surface area (TPSA) is 131 Å². The Kier molecular flexibility index (Phi) is 6.11. The Hall–Kier alpha value is -2.57. The van der Waals surface area contributed by atoms with Crippen LogP contribution < -0.4 is 0 Å². The quantitative estimate of drug-likeness (QED) is 0.497. The first-order chi connectivity index (χ1) is 14.1. The van der Waals surface area contributed by atoms with Gasteiger partial charge in [-0.2, -0.15) is 5.26 Å². The molecule has 1 heterocycles. The van der Waals surface area contributed by atoms with Crippen molar-refractivity contribution in [3.05, 3.63) is 28.3 Å². The highest BCUT2D eigenvalue weighted by atomic mass is 35.5. The van der Waals surface area contributed by atoms with Gasteiger partial charge in [0.05, 0.1) is 27.3 Å². The van der Waals surface area contributed by atoms with Crippen LogP contribution in [-0.2, 0) is 24.3 Å². The second-order valence-electron chi connectivity index (χ2n) is 7.21. The Morgan fingerprint density at radius 2 is 1.93 bits per heavy atom. The molecule has 30 heavy (non-hydrogen) atoms. The summed E-state index contributed by atoms with van der Waals surface area (Å²) in [5.41, 5.74) is -0.0505. The zero-order valence-electron chi connectivity index (χ0n) is 16.3. The zero-order valence-corrected chi connectivity index (χ0v) is 17.9. The molecule has 10 heteroatoms. The van der Waals surface area contributed by atoms with Crippen molar-refractivity contribution in [2.24, 2.45) is 17.0 Å². The second-order valence-corrected chi connectivity index (χ2v) is 9.83. The predicted octanol–water partition coefficient (Wildman–Crippen LogP) is 2.52. The Morgan fingerprint density at radius 3 is 2.47 bits per heavy atom. The van der Waals surface area contributed by atoms with Gasteiger partial charge in [-0.3, -0.25) is 14.4 Å². The maximum Gasteiger partial charge on any atom is 0.220 e. The monoisotopic (exact) mass is 450 g/mol. The minimum atomic E-state index is -3.77. The van der Waals surface area contributed by atoms with Crippen molar-refractivity contribution in [3.63, 3.8) is 0 Å². The van der Waals surface area contributed by atoms with E-state index in [-0.39, 0.29) is 45.4 Å². The molecule has 0 amide bonds. The summed E-state index contributed by atoms with van der Waals surface area (Å²) in [5.74, 6) is -3.99. The highest BCUT2D eigenvalue weighted by molar-refractivity contribution is 7.91. The molecule has 3 rings (SSSR count). The summed E-state index contributed by atoms with van der Waals surface area (Å²) in [6, 6.07) is 4.36. The SMILES string of the molecule is CCS(=O)(=O)c1ccc(C(=O)C2C(=O)CCCC2=O)c(Cl)c1C1=NOC(C#N)C1C. The first kappa shape index (κ1) is 22.1. The largest absolute Gasteiger partial charge is 0.376 e. The van der Waals surface area contributed by atoms with Crippen LogP contribution in [-0.4, -0.2) is 43.3 Å². The van der Waals surface area contributed by atoms with E-state index in [4.69, 9.17) is 16.4 Å². The van der Waals surface area contributed by atoms with E-state index in [1.54, 1.807) is 6.92 Å². The van der Waals surface area contributed by atoms with Crippen molar-refractivity contribution in [2.75, 3.05) is 5.75 Å². The zero-order chi connectivity index (χ0) is 22.2. The number of carbonyl (C=O) groups is 3. The van der Waals surface area contributed by atoms with Crippen molar-refractivity contribution in [1.82, 2.24) is 0 Å². The summed E-state index contributed by atoms with van der Waals surface area (Å²) < 4.78 is 25.3. The van der Waals surface area contributed by atoms with Gasteiger partial charge in [-0.05, 0) is 18.6 Å². The van der Waals surface area contributed by atoms with Crippen LogP contribution in [0.4, 0.5) is 0 Å². The van der Waals surface area contributed by atoms with E-state index in [0.717, 1.165) is 0 Å². The summed E-state index contributed by atoms with van der Waals surface area (Å²) in [6.45, 7) is 3.08. The molecule has 1 aromatic carbocycles. The average molecular weight is 451 g/mol. The average Bonchev–Trinajstić information content (AvgIpc) is 3.07. The van der Waals surface area contributed by atoms with Crippen LogP contribution in [0.2, 0.25) is 5.02 Å². The van der Waals surface area contributed by atoms with Crippen LogP contribution in [0.5, 0.6) is 0 Å². The third-order valence-electron chi connectivity index (χ3n) is 5.37. The van der Waals surface area contributed by atoms with E-state index in [1.165, 1.54) is 19.1 Å². The summed E-state index contributed by atoms with van der Waals surface area (Å²) in [7, 11) is -3.77. The molecule has 1 aliphatic heterocycles. The molecule has 2 unspecified atom stereocenters. The molecule has 0 N–H and O–H groups in total. The molecule has 2 atom stereocenters. The molecule has 1 aromatic rings. The number of hydrogen-bond acceptors (Lipinski definition) is 8. The summed E-state index contributed by atoms with van der Waals surface area (Å²) in [6.07, 6.45) is -0.295. The molecule has 158 valence electrons. The molecule has 1 aliphatic carbocycles. The van der Waals surface area contributed by atoms with Crippen molar-refractivity contribution in [3.8, 4) is 6.07 Å². The molecule has 0 aromatic heterocycles. The fraction of sp³-hybridized carbons (Fsp3) is 0.450. The van der Waals surface area contributed by atoms with Gasteiger partial charge in [0, 0.05) is 24.0 Å². The molecule has 0 spiro atoms. The minimum Gasteiger partial charge on any atom is -0.376 e. The molecule has 8 nitrogen and oxygen atoms in total. The molecular formula is C20H19ClN2O6S. The van der Waals surface area contributed by atoms with E-state index in [1.807, 2.05) is 6.07 Å². The molecule has 0 radical (unpaired) electrons. The fourth-order valence-electron chi connectivity index (χ4n) is 3.60. The van der Waals surface area contributed by atoms with Gasteiger partial charge in [0.15, 0.2) is 27.2 Å². The number of benzene rings is 1. The lowest BCUT2D eigenvalue weighted by Crippen LogP contribution is -2.35. The van der Waals surface area contributed by atoms with Crippen LogP contribution in [0.1, 0.15) is 49.0 Å². The Balaban J connectivity index is 2.19. The number of rotatable bonds is 5. The standard InChI is InChI=1S/C20H19ClN2O6S/c1-3-30(27,28)15-8-7-11(20(26)16-12(24)5-4-6-13(16)25)18(21)17(15)19-10(2)14(9-22)29-23-19/h7-8,10,14,16H,3-6H2,1-2H3. The van der Waals surface area contributed by atoms with Crippen molar-refractivity contribution in [1.29, 1.82) is 5.26 Å². The highest BCUT2D eigenvalue weighted by Gasteiger charge is 2.40. The fourth-order valence-corrected chi connectivity index (χ4v) is 5.11. The first-order valence-electron chi connectivity index (χ1n) is 9.42. The lowest BCUT2D eigenvalue weighted by molar-refractivity contribution is -0.133. The normalized spacial score (nSPS) is 22.4. The van der Waals surface area contributed by atoms with Crippen LogP contribution in [0, 0.1) is 23.2 Å². The number of halogens is 1. The summed E-state index contributed by atoms with van der Waals surface area (Å²) in [4.78, 5) is 42.4. The summed E-state index contributed by atoms with van der Waals surface area (Å²) in [5, 5.41) is 12.8. The van der Waals surface area contributed by atoms with Crippen LogP contribution in [0.3, 0.4) is 0 Å². The van der Waals surface area contributed by atoms with E-state index in [9.17, 15) is 28.1 Å². The van der Waals surface area contributed by atoms with E-state index >= 15 is 0 Å². The number of Topliss-reactive ketones (excluding diaryl/α,β-unsaturated/α-hetero) is 3. The van der Waals surface area contributed by atoms with Gasteiger partial charge >= 0.3 is 0 Å². The molecular weight excluding hydrogens is 432 g/mol. The third-order valence-corrected chi connectivity index (χ3v) is 7.53. The van der Waals surface area contributed by atoms with Crippen molar-refractivity contribution >= 4 is 44.5 Å².